The third-order valence-electron chi connectivity index (χ3n) is 5.57. The van der Waals surface area contributed by atoms with Crippen LogP contribution in [0.1, 0.15) is 55.7 Å². The average Bonchev–Trinajstić information content (AvgIpc) is 3.29. The van der Waals surface area contributed by atoms with Gasteiger partial charge in [0.25, 0.3) is 5.91 Å². The van der Waals surface area contributed by atoms with Crippen molar-refractivity contribution in [1.82, 2.24) is 24.6 Å². The fraction of sp³-hybridized carbons (Fsp3) is 0.524. The number of fused-ring (bicyclic) bond motifs is 1. The molecule has 1 aliphatic carbocycles. The van der Waals surface area contributed by atoms with Crippen molar-refractivity contribution in [2.24, 2.45) is 0 Å². The number of hydrogen-bond donors (Lipinski definition) is 0. The third kappa shape index (κ3) is 3.50. The van der Waals surface area contributed by atoms with Crippen molar-refractivity contribution in [1.29, 1.82) is 0 Å². The van der Waals surface area contributed by atoms with Crippen LogP contribution < -0.4 is 4.90 Å². The molecule has 5 rings (SSSR count). The van der Waals surface area contributed by atoms with Crippen LogP contribution in [-0.4, -0.2) is 56.7 Å². The lowest BCUT2D eigenvalue weighted by Crippen LogP contribution is -2.49. The van der Waals surface area contributed by atoms with E-state index >= 15 is 0 Å². The van der Waals surface area contributed by atoms with E-state index in [9.17, 15) is 4.79 Å². The van der Waals surface area contributed by atoms with Gasteiger partial charge in [0, 0.05) is 38.3 Å². The van der Waals surface area contributed by atoms with Crippen LogP contribution in [0, 0.1) is 0 Å². The molecular weight excluding hydrogens is 384 g/mol. The zero-order valence-corrected chi connectivity index (χ0v) is 17.9. The molecule has 1 amide bonds. The van der Waals surface area contributed by atoms with E-state index in [4.69, 9.17) is 10.1 Å². The Bertz CT molecular complexity index is 1020. The molecule has 2 aliphatic rings. The molecule has 3 aromatic rings. The van der Waals surface area contributed by atoms with Crippen LogP contribution in [0.15, 0.2) is 24.4 Å². The highest BCUT2D eigenvalue weighted by Crippen LogP contribution is 2.40. The molecule has 0 atom stereocenters. The van der Waals surface area contributed by atoms with Crippen molar-refractivity contribution < 1.29 is 4.79 Å². The lowest BCUT2D eigenvalue weighted by Gasteiger charge is -2.35. The predicted molar refractivity (Wildman–Crippen MR) is 115 cm³/mol. The summed E-state index contributed by atoms with van der Waals surface area (Å²) >= 11 is 1.62. The highest BCUT2D eigenvalue weighted by Gasteiger charge is 2.33. The summed E-state index contributed by atoms with van der Waals surface area (Å²) in [5.41, 5.74) is 2.52. The van der Waals surface area contributed by atoms with Gasteiger partial charge in [0.2, 0.25) is 0 Å². The smallest absolute Gasteiger partial charge is 0.272 e. The van der Waals surface area contributed by atoms with Crippen LogP contribution in [0.2, 0.25) is 0 Å². The van der Waals surface area contributed by atoms with E-state index in [2.05, 4.69) is 30.7 Å². The van der Waals surface area contributed by atoms with Crippen LogP contribution in [0.25, 0.3) is 10.3 Å². The largest absolute Gasteiger partial charge is 0.344 e. The first-order chi connectivity index (χ1) is 13.9. The number of nitrogens with zero attached hydrogens (tertiary/aromatic N) is 6. The first-order valence-corrected chi connectivity index (χ1v) is 11.1. The number of carbonyl (C=O) groups is 1. The maximum atomic E-state index is 13.3. The molecule has 152 valence electrons. The van der Waals surface area contributed by atoms with Gasteiger partial charge in [-0.25, -0.2) is 9.97 Å². The molecule has 29 heavy (non-hydrogen) atoms. The fourth-order valence-corrected chi connectivity index (χ4v) is 4.76. The molecule has 7 nitrogen and oxygen atoms in total. The number of piperazine rings is 1. The molecule has 4 heterocycles. The van der Waals surface area contributed by atoms with Gasteiger partial charge in [0.1, 0.15) is 16.0 Å². The molecule has 0 unspecified atom stereocenters. The molecule has 0 spiro atoms. The maximum Gasteiger partial charge on any atom is 0.272 e. The summed E-state index contributed by atoms with van der Waals surface area (Å²) in [6.45, 7) is 9.26. The zero-order chi connectivity index (χ0) is 20.2. The van der Waals surface area contributed by atoms with Crippen LogP contribution in [0.4, 0.5) is 5.13 Å². The molecule has 0 radical (unpaired) electrons. The van der Waals surface area contributed by atoms with E-state index in [1.54, 1.807) is 17.5 Å². The van der Waals surface area contributed by atoms with Crippen molar-refractivity contribution in [2.45, 2.75) is 45.1 Å². The number of amides is 1. The molecule has 1 saturated heterocycles. The number of aromatic nitrogens is 4. The second kappa shape index (κ2) is 6.79. The molecule has 0 bridgehead atoms. The van der Waals surface area contributed by atoms with Crippen molar-refractivity contribution >= 4 is 32.7 Å². The summed E-state index contributed by atoms with van der Waals surface area (Å²) < 4.78 is 1.93. The van der Waals surface area contributed by atoms with Gasteiger partial charge in [-0.05, 0) is 51.8 Å². The summed E-state index contributed by atoms with van der Waals surface area (Å²) in [5.74, 6) is 0.625. The van der Waals surface area contributed by atoms with Gasteiger partial charge in [-0.2, -0.15) is 5.10 Å². The number of hydrogen-bond acceptors (Lipinski definition) is 6. The van der Waals surface area contributed by atoms with Crippen LogP contribution in [0.3, 0.4) is 0 Å². The summed E-state index contributed by atoms with van der Waals surface area (Å²) in [7, 11) is 0. The van der Waals surface area contributed by atoms with Gasteiger partial charge in [0.15, 0.2) is 5.13 Å². The predicted octanol–water partition coefficient (Wildman–Crippen LogP) is 3.48. The Labute approximate surface area is 174 Å². The van der Waals surface area contributed by atoms with E-state index < -0.39 is 0 Å². The third-order valence-corrected chi connectivity index (χ3v) is 6.61. The van der Waals surface area contributed by atoms with Gasteiger partial charge >= 0.3 is 0 Å². The molecule has 0 N–H and O–H groups in total. The monoisotopic (exact) mass is 410 g/mol. The highest BCUT2D eigenvalue weighted by atomic mass is 32.1. The lowest BCUT2D eigenvalue weighted by atomic mass is 10.1. The number of anilines is 1. The number of carbonyl (C=O) groups excluding carboxylic acids is 1. The molecule has 1 saturated carbocycles. The Kier molecular flexibility index (Phi) is 4.34. The fourth-order valence-electron chi connectivity index (χ4n) is 3.80. The van der Waals surface area contributed by atoms with Crippen molar-refractivity contribution in [3.63, 3.8) is 0 Å². The number of pyridine rings is 1. The van der Waals surface area contributed by atoms with Crippen molar-refractivity contribution in [3.8, 4) is 0 Å². The first-order valence-electron chi connectivity index (χ1n) is 10.3. The van der Waals surface area contributed by atoms with Gasteiger partial charge in [-0.3, -0.25) is 9.48 Å². The topological polar surface area (TPSA) is 67.2 Å². The van der Waals surface area contributed by atoms with E-state index in [1.807, 2.05) is 27.8 Å². The molecule has 2 fully saturated rings. The van der Waals surface area contributed by atoms with Crippen molar-refractivity contribution in [2.75, 3.05) is 31.1 Å². The first kappa shape index (κ1) is 18.5. The Balaban J connectivity index is 1.32. The van der Waals surface area contributed by atoms with E-state index in [-0.39, 0.29) is 11.4 Å². The standard InChI is InChI=1S/C21H26N6OS/c1-21(2,3)27-17(13-16(24-27)14-6-7-14)19(28)25-9-11-26(12-10-25)20-23-15-5-4-8-22-18(15)29-20/h4-5,8,13-14H,6-7,9-12H2,1-3H3. The summed E-state index contributed by atoms with van der Waals surface area (Å²) in [6, 6.07) is 5.93. The quantitative estimate of drug-likeness (QED) is 0.661. The minimum Gasteiger partial charge on any atom is -0.344 e. The SMILES string of the molecule is CC(C)(C)n1nc(C2CC2)cc1C(=O)N1CCN(c2nc3cccnc3s2)CC1. The van der Waals surface area contributed by atoms with Gasteiger partial charge in [0.05, 0.1) is 11.2 Å². The van der Waals surface area contributed by atoms with Gasteiger partial charge in [-0.15, -0.1) is 0 Å². The second-order valence-corrected chi connectivity index (χ2v) is 9.87. The van der Waals surface area contributed by atoms with E-state index in [0.29, 0.717) is 19.0 Å². The Morgan fingerprint density at radius 3 is 2.59 bits per heavy atom. The minimum atomic E-state index is -0.214. The Hall–Kier alpha value is -2.48. The summed E-state index contributed by atoms with van der Waals surface area (Å²) in [5, 5.41) is 5.78. The van der Waals surface area contributed by atoms with E-state index in [0.717, 1.165) is 40.0 Å². The highest BCUT2D eigenvalue weighted by molar-refractivity contribution is 7.21. The number of thiazole rings is 1. The molecular formula is C21H26N6OS. The average molecular weight is 411 g/mol. The molecule has 3 aromatic heterocycles. The Morgan fingerprint density at radius 1 is 1.17 bits per heavy atom. The second-order valence-electron chi connectivity index (χ2n) is 8.91. The van der Waals surface area contributed by atoms with Gasteiger partial charge < -0.3 is 9.80 Å². The Morgan fingerprint density at radius 2 is 1.93 bits per heavy atom. The van der Waals surface area contributed by atoms with Gasteiger partial charge in [-0.1, -0.05) is 11.3 Å². The van der Waals surface area contributed by atoms with E-state index in [1.165, 1.54) is 12.8 Å². The van der Waals surface area contributed by atoms with Crippen molar-refractivity contribution in [3.05, 3.63) is 35.8 Å². The van der Waals surface area contributed by atoms with Crippen LogP contribution in [0.5, 0.6) is 0 Å². The normalized spacial score (nSPS) is 17.9. The van der Waals surface area contributed by atoms with Crippen LogP contribution >= 0.6 is 11.3 Å². The maximum absolute atomic E-state index is 13.3. The minimum absolute atomic E-state index is 0.0879. The summed E-state index contributed by atoms with van der Waals surface area (Å²) in [4.78, 5) is 27.6. The lowest BCUT2D eigenvalue weighted by molar-refractivity contribution is 0.0726. The number of rotatable bonds is 3. The summed E-state index contributed by atoms with van der Waals surface area (Å²) in [6.07, 6.45) is 4.17. The molecule has 0 aromatic carbocycles. The molecule has 8 heteroatoms. The van der Waals surface area contributed by atoms with Crippen LogP contribution in [-0.2, 0) is 5.54 Å². The molecule has 1 aliphatic heterocycles. The zero-order valence-electron chi connectivity index (χ0n) is 17.1.